The van der Waals surface area contributed by atoms with Crippen molar-refractivity contribution in [2.75, 3.05) is 7.11 Å². The Labute approximate surface area is 125 Å². The first-order chi connectivity index (χ1) is 10.6. The van der Waals surface area contributed by atoms with Crippen molar-refractivity contribution in [2.24, 2.45) is 0 Å². The molecule has 3 rings (SSSR count). The summed E-state index contributed by atoms with van der Waals surface area (Å²) in [5.41, 5.74) is 1.59. The maximum absolute atomic E-state index is 11.7. The number of hydrogen-bond acceptors (Lipinski definition) is 3. The van der Waals surface area contributed by atoms with E-state index in [4.69, 9.17) is 9.84 Å². The van der Waals surface area contributed by atoms with Gasteiger partial charge in [-0.15, -0.1) is 0 Å². The van der Waals surface area contributed by atoms with Crippen LogP contribution in [0, 0.1) is 0 Å². The Morgan fingerprint density at radius 1 is 1.09 bits per heavy atom. The number of carboxylic acids is 1. The Bertz CT molecular complexity index is 927. The third kappa shape index (κ3) is 2.44. The second-order valence-electron chi connectivity index (χ2n) is 4.85. The highest BCUT2D eigenvalue weighted by Gasteiger charge is 2.10. The molecule has 0 amide bonds. The van der Waals surface area contributed by atoms with Crippen molar-refractivity contribution >= 4 is 16.9 Å². The number of aromatic carboxylic acids is 1. The topological polar surface area (TPSA) is 79.4 Å². The summed E-state index contributed by atoms with van der Waals surface area (Å²) >= 11 is 0. The van der Waals surface area contributed by atoms with Gasteiger partial charge in [0.15, 0.2) is 0 Å². The molecule has 5 heteroatoms. The van der Waals surface area contributed by atoms with Crippen LogP contribution in [-0.2, 0) is 0 Å². The van der Waals surface area contributed by atoms with Gasteiger partial charge in [0.05, 0.1) is 7.11 Å². The minimum Gasteiger partial charge on any atom is -0.497 e. The SMILES string of the molecule is COc1cccc(-c2ccc3[nH]c(=O)c(C(=O)O)cc3c2)c1. The fourth-order valence-electron chi connectivity index (χ4n) is 2.35. The molecule has 0 unspecified atom stereocenters. The van der Waals surface area contributed by atoms with Crippen molar-refractivity contribution in [2.45, 2.75) is 0 Å². The zero-order chi connectivity index (χ0) is 15.7. The van der Waals surface area contributed by atoms with Crippen LogP contribution in [0.25, 0.3) is 22.0 Å². The molecular formula is C17H13NO4. The molecule has 0 aliphatic heterocycles. The standard InChI is InChI=1S/C17H13NO4/c1-22-13-4-2-3-10(8-13)11-5-6-15-12(7-11)9-14(17(20)21)16(19)18-15/h2-9H,1H3,(H,18,19)(H,20,21). The van der Waals surface area contributed by atoms with Gasteiger partial charge < -0.3 is 14.8 Å². The molecule has 0 fully saturated rings. The zero-order valence-electron chi connectivity index (χ0n) is 11.8. The van der Waals surface area contributed by atoms with Crippen LogP contribution < -0.4 is 10.3 Å². The Balaban J connectivity index is 2.18. The highest BCUT2D eigenvalue weighted by molar-refractivity contribution is 5.93. The van der Waals surface area contributed by atoms with Crippen LogP contribution in [0.3, 0.4) is 0 Å². The van der Waals surface area contributed by atoms with Crippen LogP contribution in [0.5, 0.6) is 5.75 Å². The van der Waals surface area contributed by atoms with Crippen LogP contribution >= 0.6 is 0 Å². The summed E-state index contributed by atoms with van der Waals surface area (Å²) in [6.07, 6.45) is 0. The van der Waals surface area contributed by atoms with Gasteiger partial charge in [-0.05, 0) is 46.8 Å². The number of nitrogens with one attached hydrogen (secondary N) is 1. The van der Waals surface area contributed by atoms with E-state index < -0.39 is 11.5 Å². The van der Waals surface area contributed by atoms with Crippen LogP contribution in [0.15, 0.2) is 53.3 Å². The van der Waals surface area contributed by atoms with E-state index in [9.17, 15) is 9.59 Å². The minimum absolute atomic E-state index is 0.268. The molecule has 2 aromatic carbocycles. The highest BCUT2D eigenvalue weighted by Crippen LogP contribution is 2.26. The summed E-state index contributed by atoms with van der Waals surface area (Å²) in [6, 6.07) is 14.4. The van der Waals surface area contributed by atoms with Crippen molar-refractivity contribution in [3.8, 4) is 16.9 Å². The molecule has 0 saturated heterocycles. The number of aromatic nitrogens is 1. The van der Waals surface area contributed by atoms with Gasteiger partial charge in [0.2, 0.25) is 0 Å². The third-order valence-electron chi connectivity index (χ3n) is 3.48. The molecule has 22 heavy (non-hydrogen) atoms. The minimum atomic E-state index is -1.24. The quantitative estimate of drug-likeness (QED) is 0.778. The second kappa shape index (κ2) is 5.37. The Morgan fingerprint density at radius 2 is 1.86 bits per heavy atom. The number of pyridine rings is 1. The maximum atomic E-state index is 11.7. The van der Waals surface area contributed by atoms with E-state index >= 15 is 0 Å². The van der Waals surface area contributed by atoms with E-state index in [1.54, 1.807) is 13.2 Å². The normalized spacial score (nSPS) is 10.6. The largest absolute Gasteiger partial charge is 0.497 e. The maximum Gasteiger partial charge on any atom is 0.341 e. The molecule has 0 atom stereocenters. The van der Waals surface area contributed by atoms with E-state index in [0.29, 0.717) is 10.9 Å². The Kier molecular flexibility index (Phi) is 3.39. The zero-order valence-corrected chi connectivity index (χ0v) is 11.8. The molecule has 0 aliphatic rings. The fraction of sp³-hybridized carbons (Fsp3) is 0.0588. The second-order valence-corrected chi connectivity index (χ2v) is 4.85. The first-order valence-corrected chi connectivity index (χ1v) is 6.63. The van der Waals surface area contributed by atoms with Crippen LogP contribution in [0.2, 0.25) is 0 Å². The van der Waals surface area contributed by atoms with Gasteiger partial charge in [0, 0.05) is 5.52 Å². The average Bonchev–Trinajstić information content (AvgIpc) is 2.53. The smallest absolute Gasteiger partial charge is 0.341 e. The predicted molar refractivity (Wildman–Crippen MR) is 83.5 cm³/mol. The number of carboxylic acid groups (broad SMARTS) is 1. The lowest BCUT2D eigenvalue weighted by atomic mass is 10.0. The number of benzene rings is 2. The van der Waals surface area contributed by atoms with Crippen molar-refractivity contribution in [1.82, 2.24) is 4.98 Å². The summed E-state index contributed by atoms with van der Waals surface area (Å²) in [6.45, 7) is 0. The van der Waals surface area contributed by atoms with Crippen LogP contribution in [0.4, 0.5) is 0 Å². The number of methoxy groups -OCH3 is 1. The van der Waals surface area contributed by atoms with E-state index in [1.807, 2.05) is 36.4 Å². The summed E-state index contributed by atoms with van der Waals surface area (Å²) in [5.74, 6) is -0.500. The van der Waals surface area contributed by atoms with Gasteiger partial charge in [-0.3, -0.25) is 4.79 Å². The monoisotopic (exact) mass is 295 g/mol. The van der Waals surface area contributed by atoms with Crippen molar-refractivity contribution in [3.63, 3.8) is 0 Å². The van der Waals surface area contributed by atoms with E-state index in [-0.39, 0.29) is 5.56 Å². The van der Waals surface area contributed by atoms with E-state index in [1.165, 1.54) is 6.07 Å². The van der Waals surface area contributed by atoms with Gasteiger partial charge >= 0.3 is 5.97 Å². The molecular weight excluding hydrogens is 282 g/mol. The molecule has 110 valence electrons. The van der Waals surface area contributed by atoms with Crippen LogP contribution in [0.1, 0.15) is 10.4 Å². The number of hydrogen-bond donors (Lipinski definition) is 2. The lowest BCUT2D eigenvalue weighted by molar-refractivity contribution is 0.0695. The number of H-pyrrole nitrogens is 1. The molecule has 0 aliphatic carbocycles. The van der Waals surface area contributed by atoms with Crippen molar-refractivity contribution < 1.29 is 14.6 Å². The lowest BCUT2D eigenvalue weighted by Crippen LogP contribution is -2.16. The van der Waals surface area contributed by atoms with E-state index in [2.05, 4.69) is 4.98 Å². The first kappa shape index (κ1) is 13.9. The summed E-state index contributed by atoms with van der Waals surface area (Å²) in [7, 11) is 1.60. The molecule has 5 nitrogen and oxygen atoms in total. The van der Waals surface area contributed by atoms with E-state index in [0.717, 1.165) is 16.9 Å². The van der Waals surface area contributed by atoms with Crippen molar-refractivity contribution in [3.05, 3.63) is 64.4 Å². The Morgan fingerprint density at radius 3 is 2.59 bits per heavy atom. The Hall–Kier alpha value is -3.08. The number of aromatic amines is 1. The van der Waals surface area contributed by atoms with Gasteiger partial charge in [0.1, 0.15) is 11.3 Å². The predicted octanol–water partition coefficient (Wildman–Crippen LogP) is 2.90. The highest BCUT2D eigenvalue weighted by atomic mass is 16.5. The molecule has 3 aromatic rings. The summed E-state index contributed by atoms with van der Waals surface area (Å²) < 4.78 is 5.20. The molecule has 0 radical (unpaired) electrons. The molecule has 0 spiro atoms. The van der Waals surface area contributed by atoms with Gasteiger partial charge in [-0.25, -0.2) is 4.79 Å². The molecule has 1 aromatic heterocycles. The molecule has 0 saturated carbocycles. The molecule has 0 bridgehead atoms. The number of rotatable bonds is 3. The van der Waals surface area contributed by atoms with Gasteiger partial charge in [-0.1, -0.05) is 18.2 Å². The lowest BCUT2D eigenvalue weighted by Gasteiger charge is -2.07. The summed E-state index contributed by atoms with van der Waals surface area (Å²) in [5, 5.41) is 9.71. The number of fused-ring (bicyclic) bond motifs is 1. The average molecular weight is 295 g/mol. The number of ether oxygens (including phenoxy) is 1. The summed E-state index contributed by atoms with van der Waals surface area (Å²) in [4.78, 5) is 25.3. The van der Waals surface area contributed by atoms with Crippen molar-refractivity contribution in [1.29, 1.82) is 0 Å². The van der Waals surface area contributed by atoms with Gasteiger partial charge in [0.25, 0.3) is 5.56 Å². The van der Waals surface area contributed by atoms with Gasteiger partial charge in [-0.2, -0.15) is 0 Å². The fourth-order valence-corrected chi connectivity index (χ4v) is 2.35. The first-order valence-electron chi connectivity index (χ1n) is 6.63. The number of carbonyl (C=O) groups is 1. The van der Waals surface area contributed by atoms with Crippen LogP contribution in [-0.4, -0.2) is 23.2 Å². The molecule has 2 N–H and O–H groups in total. The molecule has 1 heterocycles. The third-order valence-corrected chi connectivity index (χ3v) is 3.48.